The van der Waals surface area contributed by atoms with Crippen molar-refractivity contribution >= 4 is 21.7 Å². The molecule has 3 aliphatic rings. The van der Waals surface area contributed by atoms with Crippen LogP contribution < -0.4 is 4.90 Å². The van der Waals surface area contributed by atoms with Crippen molar-refractivity contribution in [2.75, 3.05) is 56.5 Å². The van der Waals surface area contributed by atoms with Gasteiger partial charge >= 0.3 is 12.1 Å². The molecule has 11 heteroatoms. The van der Waals surface area contributed by atoms with Crippen LogP contribution in [-0.4, -0.2) is 87.4 Å². The molecule has 3 aliphatic heterocycles. The Hall–Kier alpha value is -1.85. The zero-order valence-corrected chi connectivity index (χ0v) is 20.9. The molecule has 3 fully saturated rings. The fourth-order valence-electron chi connectivity index (χ4n) is 5.28. The van der Waals surface area contributed by atoms with Crippen molar-refractivity contribution in [3.05, 3.63) is 29.8 Å². The van der Waals surface area contributed by atoms with E-state index in [2.05, 4.69) is 41.0 Å². The number of rotatable bonds is 7. The minimum atomic E-state index is -4.51. The average Bonchev–Trinajstić information content (AvgIpc) is 3.12. The number of alkyl halides is 3. The van der Waals surface area contributed by atoms with Gasteiger partial charge < -0.3 is 9.64 Å². The molecule has 0 N–H and O–H groups in total. The number of cyclic esters (lactones) is 1. The lowest BCUT2D eigenvalue weighted by atomic mass is 9.76. The molecule has 3 heterocycles. The predicted molar refractivity (Wildman–Crippen MR) is 127 cm³/mol. The van der Waals surface area contributed by atoms with Gasteiger partial charge in [0.15, 0.2) is 0 Å². The first-order chi connectivity index (χ1) is 16.5. The fraction of sp³-hybridized carbons (Fsp3) is 0.708. The number of hydrogen-bond donors (Lipinski definition) is 0. The van der Waals surface area contributed by atoms with Crippen LogP contribution in [0.2, 0.25) is 0 Å². The van der Waals surface area contributed by atoms with E-state index in [1.165, 1.54) is 11.3 Å². The summed E-state index contributed by atoms with van der Waals surface area (Å²) >= 11 is 0. The standard InChI is InChI=1S/C24H34F3N3O4S/c1-19-2-4-20(5-3-19)29-15-13-28(14-16-29)10-6-21-18-23(22(31)34-21)7-11-30(12-8-23)35(32,33)17-9-24(25,26)27/h2-5,21H,6-18H2,1H3/t21-/m0/s1. The third-order valence-corrected chi connectivity index (χ3v) is 9.45. The molecule has 1 aromatic rings. The fourth-order valence-corrected chi connectivity index (χ4v) is 6.77. The Morgan fingerprint density at radius 2 is 1.66 bits per heavy atom. The van der Waals surface area contributed by atoms with Crippen molar-refractivity contribution in [1.29, 1.82) is 0 Å². The lowest BCUT2D eigenvalue weighted by Gasteiger charge is -2.36. The minimum absolute atomic E-state index is 0.0585. The molecular formula is C24H34F3N3O4S. The number of sulfonamides is 1. The van der Waals surface area contributed by atoms with Crippen molar-refractivity contribution in [3.63, 3.8) is 0 Å². The van der Waals surface area contributed by atoms with Crippen LogP contribution in [0.3, 0.4) is 0 Å². The lowest BCUT2D eigenvalue weighted by Crippen LogP contribution is -2.47. The van der Waals surface area contributed by atoms with Gasteiger partial charge in [0.25, 0.3) is 0 Å². The molecule has 0 radical (unpaired) electrons. The quantitative estimate of drug-likeness (QED) is 0.518. The highest BCUT2D eigenvalue weighted by Crippen LogP contribution is 2.44. The number of benzene rings is 1. The number of anilines is 1. The lowest BCUT2D eigenvalue weighted by molar-refractivity contribution is -0.150. The van der Waals surface area contributed by atoms with Gasteiger partial charge in [0.1, 0.15) is 6.10 Å². The van der Waals surface area contributed by atoms with E-state index in [1.54, 1.807) is 0 Å². The van der Waals surface area contributed by atoms with E-state index >= 15 is 0 Å². The maximum absolute atomic E-state index is 12.7. The van der Waals surface area contributed by atoms with Crippen LogP contribution in [0.1, 0.15) is 37.7 Å². The molecule has 0 bridgehead atoms. The topological polar surface area (TPSA) is 70.2 Å². The van der Waals surface area contributed by atoms with Gasteiger partial charge in [0.2, 0.25) is 10.0 Å². The number of ether oxygens (including phenoxy) is 1. The van der Waals surface area contributed by atoms with Gasteiger partial charge in [-0.05, 0) is 38.3 Å². The number of hydrogen-bond acceptors (Lipinski definition) is 6. The third kappa shape index (κ3) is 6.48. The van der Waals surface area contributed by atoms with Gasteiger partial charge in [0, 0.05) is 57.9 Å². The number of carbonyl (C=O) groups excluding carboxylic acids is 1. The molecule has 4 rings (SSSR count). The molecule has 1 atom stereocenters. The number of piperazine rings is 1. The van der Waals surface area contributed by atoms with E-state index in [-0.39, 0.29) is 25.2 Å². The molecule has 0 amide bonds. The summed E-state index contributed by atoms with van der Waals surface area (Å²) < 4.78 is 68.7. The number of carbonyl (C=O) groups is 1. The molecule has 1 spiro atoms. The van der Waals surface area contributed by atoms with Crippen molar-refractivity contribution in [2.24, 2.45) is 5.41 Å². The smallest absolute Gasteiger partial charge is 0.390 e. The van der Waals surface area contributed by atoms with E-state index in [9.17, 15) is 26.4 Å². The molecule has 1 aromatic carbocycles. The van der Waals surface area contributed by atoms with Gasteiger partial charge in [-0.15, -0.1) is 0 Å². The van der Waals surface area contributed by atoms with Crippen LogP contribution in [0.15, 0.2) is 24.3 Å². The Labute approximate surface area is 205 Å². The largest absolute Gasteiger partial charge is 0.462 e. The summed E-state index contributed by atoms with van der Waals surface area (Å²) in [4.78, 5) is 17.4. The number of piperidine rings is 1. The Balaban J connectivity index is 1.21. The summed E-state index contributed by atoms with van der Waals surface area (Å²) in [5.41, 5.74) is 1.75. The third-order valence-electron chi connectivity index (χ3n) is 7.58. The summed E-state index contributed by atoms with van der Waals surface area (Å²) in [5, 5.41) is 0. The number of aryl methyl sites for hydroxylation is 1. The van der Waals surface area contributed by atoms with E-state index in [1.807, 2.05) is 0 Å². The number of halogens is 3. The Bertz CT molecular complexity index is 984. The summed E-state index contributed by atoms with van der Waals surface area (Å²) in [5.74, 6) is -1.24. The minimum Gasteiger partial charge on any atom is -0.462 e. The molecule has 0 saturated carbocycles. The summed E-state index contributed by atoms with van der Waals surface area (Å²) in [7, 11) is -3.99. The molecule has 0 aromatic heterocycles. The summed E-state index contributed by atoms with van der Waals surface area (Å²) in [6.45, 7) is 6.77. The second kappa shape index (κ2) is 10.3. The van der Waals surface area contributed by atoms with Crippen LogP contribution in [0, 0.1) is 12.3 Å². The highest BCUT2D eigenvalue weighted by Gasteiger charge is 2.51. The first-order valence-electron chi connectivity index (χ1n) is 12.3. The van der Waals surface area contributed by atoms with Crippen LogP contribution in [0.25, 0.3) is 0 Å². The first kappa shape index (κ1) is 26.2. The molecular weight excluding hydrogens is 483 g/mol. The van der Waals surface area contributed by atoms with Crippen molar-refractivity contribution < 1.29 is 31.1 Å². The first-order valence-corrected chi connectivity index (χ1v) is 13.9. The maximum Gasteiger partial charge on any atom is 0.390 e. The number of nitrogens with zero attached hydrogens (tertiary/aromatic N) is 3. The number of esters is 1. The normalized spacial score (nSPS) is 24.2. The van der Waals surface area contributed by atoms with Gasteiger partial charge in [-0.2, -0.15) is 13.2 Å². The summed E-state index contributed by atoms with van der Waals surface area (Å²) in [6.07, 6.45) is -4.21. The van der Waals surface area contributed by atoms with Crippen LogP contribution in [0.5, 0.6) is 0 Å². The zero-order chi connectivity index (χ0) is 25.3. The Morgan fingerprint density at radius 1 is 1.03 bits per heavy atom. The second-order valence-corrected chi connectivity index (χ2v) is 12.1. The van der Waals surface area contributed by atoms with Gasteiger partial charge in [-0.3, -0.25) is 9.69 Å². The van der Waals surface area contributed by atoms with Crippen molar-refractivity contribution in [2.45, 2.75) is 51.3 Å². The van der Waals surface area contributed by atoms with E-state index in [4.69, 9.17) is 4.74 Å². The molecule has 7 nitrogen and oxygen atoms in total. The van der Waals surface area contributed by atoms with Crippen LogP contribution in [0.4, 0.5) is 18.9 Å². The predicted octanol–water partition coefficient (Wildman–Crippen LogP) is 3.19. The average molecular weight is 518 g/mol. The molecule has 0 unspecified atom stereocenters. The van der Waals surface area contributed by atoms with Crippen molar-refractivity contribution in [1.82, 2.24) is 9.21 Å². The monoisotopic (exact) mass is 517 g/mol. The molecule has 3 saturated heterocycles. The maximum atomic E-state index is 12.7. The molecule has 196 valence electrons. The van der Waals surface area contributed by atoms with Crippen LogP contribution >= 0.6 is 0 Å². The molecule has 0 aliphatic carbocycles. The highest BCUT2D eigenvalue weighted by molar-refractivity contribution is 7.89. The van der Waals surface area contributed by atoms with Gasteiger partial charge in [-0.1, -0.05) is 17.7 Å². The van der Waals surface area contributed by atoms with E-state index in [0.717, 1.165) is 43.4 Å². The van der Waals surface area contributed by atoms with E-state index < -0.39 is 33.8 Å². The summed E-state index contributed by atoms with van der Waals surface area (Å²) in [6, 6.07) is 8.54. The van der Waals surface area contributed by atoms with E-state index in [0.29, 0.717) is 19.3 Å². The Morgan fingerprint density at radius 3 is 2.26 bits per heavy atom. The van der Waals surface area contributed by atoms with Gasteiger partial charge in [-0.25, -0.2) is 12.7 Å². The Kier molecular flexibility index (Phi) is 7.68. The SMILES string of the molecule is Cc1ccc(N2CCN(CC[C@H]3CC4(CCN(S(=O)(=O)CCC(F)(F)F)CC4)C(=O)O3)CC2)cc1. The van der Waals surface area contributed by atoms with Gasteiger partial charge in [0.05, 0.1) is 17.6 Å². The second-order valence-electron chi connectivity index (χ2n) is 10.0. The molecule has 35 heavy (non-hydrogen) atoms. The zero-order valence-electron chi connectivity index (χ0n) is 20.1. The highest BCUT2D eigenvalue weighted by atomic mass is 32.2. The van der Waals surface area contributed by atoms with Crippen LogP contribution in [-0.2, 0) is 19.6 Å². The van der Waals surface area contributed by atoms with Crippen molar-refractivity contribution in [3.8, 4) is 0 Å².